The topological polar surface area (TPSA) is 49.4 Å². The third-order valence-electron chi connectivity index (χ3n) is 3.75. The fraction of sp³-hybridized carbons (Fsp3) is 0.467. The van der Waals surface area contributed by atoms with Crippen molar-refractivity contribution < 1.29 is 18.4 Å². The number of nitrogens with one attached hydrogen (secondary N) is 1. The highest BCUT2D eigenvalue weighted by atomic mass is 19.1. The maximum absolute atomic E-state index is 13.7. The molecule has 0 aliphatic carbocycles. The quantitative estimate of drug-likeness (QED) is 0.929. The summed E-state index contributed by atoms with van der Waals surface area (Å²) in [6, 6.07) is 2.15. The number of hydrogen-bond acceptors (Lipinski definition) is 2. The molecule has 0 saturated carbocycles. The second-order valence-corrected chi connectivity index (χ2v) is 5.27. The van der Waals surface area contributed by atoms with E-state index in [0.717, 1.165) is 18.6 Å². The highest BCUT2D eigenvalue weighted by Crippen LogP contribution is 2.21. The lowest BCUT2D eigenvalue weighted by Gasteiger charge is -2.24. The summed E-state index contributed by atoms with van der Waals surface area (Å²) in [5.41, 5.74) is 0.220. The molecule has 1 aromatic carbocycles. The number of carbonyl (C=O) groups is 2. The van der Waals surface area contributed by atoms with Crippen LogP contribution in [-0.2, 0) is 9.59 Å². The normalized spacial score (nSPS) is 19.4. The van der Waals surface area contributed by atoms with Crippen molar-refractivity contribution in [3.63, 3.8) is 0 Å². The predicted molar refractivity (Wildman–Crippen MR) is 73.3 cm³/mol. The van der Waals surface area contributed by atoms with Crippen molar-refractivity contribution in [3.05, 3.63) is 35.4 Å². The highest BCUT2D eigenvalue weighted by molar-refractivity contribution is 5.87. The van der Waals surface area contributed by atoms with Crippen LogP contribution in [0.15, 0.2) is 18.2 Å². The fourth-order valence-corrected chi connectivity index (χ4v) is 2.66. The highest BCUT2D eigenvalue weighted by Gasteiger charge is 2.33. The van der Waals surface area contributed by atoms with Crippen LogP contribution in [0.25, 0.3) is 0 Å². The van der Waals surface area contributed by atoms with Gasteiger partial charge in [0.1, 0.15) is 17.7 Å². The van der Waals surface area contributed by atoms with E-state index in [4.69, 9.17) is 0 Å². The maximum Gasteiger partial charge on any atom is 0.243 e. The lowest BCUT2D eigenvalue weighted by Crippen LogP contribution is -2.45. The van der Waals surface area contributed by atoms with E-state index in [9.17, 15) is 18.4 Å². The van der Waals surface area contributed by atoms with Gasteiger partial charge in [0, 0.05) is 25.1 Å². The summed E-state index contributed by atoms with van der Waals surface area (Å²) >= 11 is 0. The second kappa shape index (κ2) is 6.20. The summed E-state index contributed by atoms with van der Waals surface area (Å²) < 4.78 is 26.6. The van der Waals surface area contributed by atoms with Crippen LogP contribution >= 0.6 is 0 Å². The Hall–Kier alpha value is -1.98. The molecule has 6 heteroatoms. The largest absolute Gasteiger partial charge is 0.348 e. The zero-order valence-corrected chi connectivity index (χ0v) is 12.0. The molecule has 0 aromatic heterocycles. The molecule has 0 bridgehead atoms. The lowest BCUT2D eigenvalue weighted by molar-refractivity contribution is -0.137. The van der Waals surface area contributed by atoms with E-state index in [0.29, 0.717) is 13.0 Å². The van der Waals surface area contributed by atoms with Crippen molar-refractivity contribution in [3.8, 4) is 0 Å². The number of carbonyl (C=O) groups excluding carboxylic acids is 2. The van der Waals surface area contributed by atoms with Gasteiger partial charge in [-0.2, -0.15) is 0 Å². The number of benzene rings is 1. The van der Waals surface area contributed by atoms with Crippen LogP contribution in [0.2, 0.25) is 0 Å². The van der Waals surface area contributed by atoms with Gasteiger partial charge in [0.2, 0.25) is 11.8 Å². The molecule has 1 saturated heterocycles. The molecule has 2 unspecified atom stereocenters. The van der Waals surface area contributed by atoms with Crippen LogP contribution in [0.5, 0.6) is 0 Å². The Bertz CT molecular complexity index is 563. The Labute approximate surface area is 122 Å². The van der Waals surface area contributed by atoms with Crippen LogP contribution in [0.3, 0.4) is 0 Å². The van der Waals surface area contributed by atoms with Crippen molar-refractivity contribution in [2.45, 2.75) is 38.8 Å². The molecule has 21 heavy (non-hydrogen) atoms. The van der Waals surface area contributed by atoms with Crippen molar-refractivity contribution in [1.82, 2.24) is 10.2 Å². The summed E-state index contributed by atoms with van der Waals surface area (Å²) in [6.07, 6.45) is 1.38. The fourth-order valence-electron chi connectivity index (χ4n) is 2.66. The number of amides is 2. The Morgan fingerprint density at radius 2 is 2.10 bits per heavy atom. The van der Waals surface area contributed by atoms with Gasteiger partial charge in [0.05, 0.1) is 6.04 Å². The summed E-state index contributed by atoms with van der Waals surface area (Å²) in [5, 5.41) is 2.69. The van der Waals surface area contributed by atoms with E-state index in [2.05, 4.69) is 5.32 Å². The molecule has 2 rings (SSSR count). The van der Waals surface area contributed by atoms with Crippen molar-refractivity contribution in [1.29, 1.82) is 0 Å². The van der Waals surface area contributed by atoms with Gasteiger partial charge in [-0.05, 0) is 25.8 Å². The first-order valence-electron chi connectivity index (χ1n) is 6.92. The molecule has 2 atom stereocenters. The Balaban J connectivity index is 2.06. The molecule has 2 amide bonds. The van der Waals surface area contributed by atoms with Crippen LogP contribution in [0, 0.1) is 11.6 Å². The van der Waals surface area contributed by atoms with Crippen molar-refractivity contribution in [2.75, 3.05) is 6.54 Å². The van der Waals surface area contributed by atoms with Gasteiger partial charge in [-0.3, -0.25) is 9.59 Å². The van der Waals surface area contributed by atoms with Gasteiger partial charge >= 0.3 is 0 Å². The molecule has 1 N–H and O–H groups in total. The van der Waals surface area contributed by atoms with Crippen LogP contribution < -0.4 is 5.32 Å². The summed E-state index contributed by atoms with van der Waals surface area (Å²) in [5.74, 6) is -1.81. The number of hydrogen-bond donors (Lipinski definition) is 1. The molecule has 1 aliphatic rings. The average molecular weight is 296 g/mol. The Morgan fingerprint density at radius 1 is 1.38 bits per heavy atom. The van der Waals surface area contributed by atoms with Crippen LogP contribution in [0.4, 0.5) is 8.78 Å². The first-order chi connectivity index (χ1) is 9.90. The van der Waals surface area contributed by atoms with Gasteiger partial charge in [-0.25, -0.2) is 8.78 Å². The standard InChI is InChI=1S/C15H18F2N2O2/c1-9(12-6-5-11(16)8-13(12)17)18-15(21)14-4-3-7-19(14)10(2)20/h5-6,8-9,14H,3-4,7H2,1-2H3,(H,18,21). The monoisotopic (exact) mass is 296 g/mol. The van der Waals surface area contributed by atoms with E-state index in [1.54, 1.807) is 6.92 Å². The van der Waals surface area contributed by atoms with Crippen LogP contribution in [-0.4, -0.2) is 29.3 Å². The number of nitrogens with zero attached hydrogens (tertiary/aromatic N) is 1. The van der Waals surface area contributed by atoms with E-state index < -0.39 is 23.7 Å². The molecular weight excluding hydrogens is 278 g/mol. The van der Waals surface area contributed by atoms with E-state index in [1.165, 1.54) is 17.9 Å². The Morgan fingerprint density at radius 3 is 2.71 bits per heavy atom. The minimum absolute atomic E-state index is 0.145. The third kappa shape index (κ3) is 3.37. The molecule has 1 aliphatic heterocycles. The molecule has 0 radical (unpaired) electrons. The third-order valence-corrected chi connectivity index (χ3v) is 3.75. The SMILES string of the molecule is CC(=O)N1CCCC1C(=O)NC(C)c1ccc(F)cc1F. The van der Waals surface area contributed by atoms with E-state index >= 15 is 0 Å². The lowest BCUT2D eigenvalue weighted by atomic mass is 10.1. The van der Waals surface area contributed by atoms with Gasteiger partial charge < -0.3 is 10.2 Å². The molecule has 0 spiro atoms. The molecule has 1 fully saturated rings. The summed E-state index contributed by atoms with van der Waals surface area (Å²) in [4.78, 5) is 25.2. The number of halogens is 2. The van der Waals surface area contributed by atoms with Crippen molar-refractivity contribution in [2.24, 2.45) is 0 Å². The average Bonchev–Trinajstić information content (AvgIpc) is 2.87. The molecule has 1 heterocycles. The van der Waals surface area contributed by atoms with Gasteiger partial charge in [-0.1, -0.05) is 6.07 Å². The summed E-state index contributed by atoms with van der Waals surface area (Å²) in [6.45, 7) is 3.61. The zero-order chi connectivity index (χ0) is 15.6. The van der Waals surface area contributed by atoms with E-state index in [1.807, 2.05) is 0 Å². The smallest absolute Gasteiger partial charge is 0.243 e. The van der Waals surface area contributed by atoms with Gasteiger partial charge in [-0.15, -0.1) is 0 Å². The number of likely N-dealkylation sites (tertiary alicyclic amines) is 1. The van der Waals surface area contributed by atoms with Gasteiger partial charge in [0.15, 0.2) is 0 Å². The minimum Gasteiger partial charge on any atom is -0.348 e. The zero-order valence-electron chi connectivity index (χ0n) is 12.0. The number of rotatable bonds is 3. The summed E-state index contributed by atoms with van der Waals surface area (Å²) in [7, 11) is 0. The molecule has 114 valence electrons. The van der Waals surface area contributed by atoms with E-state index in [-0.39, 0.29) is 17.4 Å². The van der Waals surface area contributed by atoms with Crippen LogP contribution in [0.1, 0.15) is 38.3 Å². The molecule has 1 aromatic rings. The first kappa shape index (κ1) is 15.4. The van der Waals surface area contributed by atoms with Gasteiger partial charge in [0.25, 0.3) is 0 Å². The van der Waals surface area contributed by atoms with Crippen molar-refractivity contribution >= 4 is 11.8 Å². The molecule has 4 nitrogen and oxygen atoms in total. The first-order valence-corrected chi connectivity index (χ1v) is 6.92. The molecular formula is C15H18F2N2O2. The predicted octanol–water partition coefficient (Wildman–Crippen LogP) is 2.15. The second-order valence-electron chi connectivity index (χ2n) is 5.27. The Kier molecular flexibility index (Phi) is 4.55. The maximum atomic E-state index is 13.7. The minimum atomic E-state index is -0.697.